The predicted octanol–water partition coefficient (Wildman–Crippen LogP) is 2.77. The quantitative estimate of drug-likeness (QED) is 0.380. The summed E-state index contributed by atoms with van der Waals surface area (Å²) in [5.74, 6) is -0.990. The van der Waals surface area contributed by atoms with Crippen LogP contribution in [0.3, 0.4) is 0 Å². The van der Waals surface area contributed by atoms with Gasteiger partial charge in [-0.3, -0.25) is 9.59 Å². The maximum atomic E-state index is 12.0. The molecule has 0 unspecified atom stereocenters. The van der Waals surface area contributed by atoms with Crippen LogP contribution < -0.4 is 5.43 Å². The van der Waals surface area contributed by atoms with E-state index in [1.165, 1.54) is 37.6 Å². The Morgan fingerprint density at radius 2 is 1.52 bits per heavy atom. The molecule has 0 aromatic heterocycles. The largest absolute Gasteiger partial charge is 0.465 e. The number of ether oxygens (including phenoxy) is 1. The molecule has 0 radical (unpaired) electrons. The van der Waals surface area contributed by atoms with E-state index in [4.69, 9.17) is 0 Å². The van der Waals surface area contributed by atoms with Crippen LogP contribution in [-0.4, -0.2) is 31.0 Å². The minimum Gasteiger partial charge on any atom is -0.465 e. The monoisotopic (exact) mass is 338 g/mol. The molecule has 0 atom stereocenters. The molecular weight excluding hydrogens is 320 g/mol. The van der Waals surface area contributed by atoms with Crippen LogP contribution in [0.2, 0.25) is 0 Å². The molecule has 6 heteroatoms. The first-order valence-corrected chi connectivity index (χ1v) is 7.61. The van der Waals surface area contributed by atoms with Gasteiger partial charge in [0.2, 0.25) is 0 Å². The number of esters is 1. The number of Topliss-reactive ketones (excluding diaryl/α,β-unsaturated/α-hetero) is 1. The van der Waals surface area contributed by atoms with Crippen LogP contribution >= 0.6 is 0 Å². The fraction of sp³-hybridized carbons (Fsp3) is 0.158. The van der Waals surface area contributed by atoms with Crippen molar-refractivity contribution in [3.8, 4) is 0 Å². The summed E-state index contributed by atoms with van der Waals surface area (Å²) in [6.07, 6.45) is 1.44. The molecule has 0 aliphatic heterocycles. The standard InChI is InChI=1S/C19H18N2O4/c1-13-3-5-14(6-4-13)17(22)11-12-20-21-18(23)15-7-9-16(10-8-15)19(24)25-2/h3-10,12H,11H2,1-2H3,(H,21,23). The van der Waals surface area contributed by atoms with Crippen LogP contribution in [-0.2, 0) is 4.74 Å². The minimum absolute atomic E-state index is 0.0829. The second kappa shape index (κ2) is 8.54. The lowest BCUT2D eigenvalue weighted by atomic mass is 10.1. The lowest BCUT2D eigenvalue weighted by molar-refractivity contribution is 0.0600. The van der Waals surface area contributed by atoms with Gasteiger partial charge >= 0.3 is 5.97 Å². The van der Waals surface area contributed by atoms with Crippen molar-refractivity contribution in [3.63, 3.8) is 0 Å². The summed E-state index contributed by atoms with van der Waals surface area (Å²) >= 11 is 0. The van der Waals surface area contributed by atoms with Gasteiger partial charge in [0.25, 0.3) is 5.91 Å². The third-order valence-electron chi connectivity index (χ3n) is 3.48. The van der Waals surface area contributed by atoms with Crippen LogP contribution in [0.5, 0.6) is 0 Å². The lowest BCUT2D eigenvalue weighted by Crippen LogP contribution is -2.18. The van der Waals surface area contributed by atoms with Crippen molar-refractivity contribution in [3.05, 3.63) is 70.8 Å². The third-order valence-corrected chi connectivity index (χ3v) is 3.48. The molecule has 0 fully saturated rings. The van der Waals surface area contributed by atoms with Crippen molar-refractivity contribution in [2.45, 2.75) is 13.3 Å². The number of amides is 1. The highest BCUT2D eigenvalue weighted by Crippen LogP contribution is 2.06. The van der Waals surface area contributed by atoms with E-state index in [1.807, 2.05) is 19.1 Å². The fourth-order valence-electron chi connectivity index (χ4n) is 2.03. The molecule has 0 bridgehead atoms. The van der Waals surface area contributed by atoms with E-state index in [0.29, 0.717) is 16.7 Å². The number of hydrogen-bond donors (Lipinski definition) is 1. The van der Waals surface area contributed by atoms with Crippen molar-refractivity contribution in [1.29, 1.82) is 0 Å². The van der Waals surface area contributed by atoms with Gasteiger partial charge < -0.3 is 4.74 Å². The Morgan fingerprint density at radius 3 is 2.12 bits per heavy atom. The predicted molar refractivity (Wildman–Crippen MR) is 93.9 cm³/mol. The summed E-state index contributed by atoms with van der Waals surface area (Å²) in [6.45, 7) is 1.95. The number of carbonyl (C=O) groups excluding carboxylic acids is 3. The summed E-state index contributed by atoms with van der Waals surface area (Å²) in [7, 11) is 1.29. The Kier molecular flexibility index (Phi) is 6.17. The summed E-state index contributed by atoms with van der Waals surface area (Å²) in [5, 5.41) is 3.77. The number of nitrogens with one attached hydrogen (secondary N) is 1. The Bertz CT molecular complexity index is 793. The van der Waals surface area contributed by atoms with Gasteiger partial charge in [-0.2, -0.15) is 5.10 Å². The Labute approximate surface area is 145 Å². The summed E-state index contributed by atoms with van der Waals surface area (Å²) in [6, 6.07) is 13.2. The minimum atomic E-state index is -0.473. The molecule has 6 nitrogen and oxygen atoms in total. The van der Waals surface area contributed by atoms with Crippen molar-refractivity contribution < 1.29 is 19.1 Å². The van der Waals surface area contributed by atoms with Gasteiger partial charge in [-0.15, -0.1) is 0 Å². The number of benzene rings is 2. The molecule has 25 heavy (non-hydrogen) atoms. The number of rotatable bonds is 6. The molecule has 0 spiro atoms. The summed E-state index contributed by atoms with van der Waals surface area (Å²) < 4.78 is 4.59. The zero-order valence-electron chi connectivity index (χ0n) is 14.0. The number of methoxy groups -OCH3 is 1. The van der Waals surface area contributed by atoms with E-state index >= 15 is 0 Å². The van der Waals surface area contributed by atoms with E-state index in [1.54, 1.807) is 12.1 Å². The molecule has 1 amide bonds. The Balaban J connectivity index is 1.86. The first-order chi connectivity index (χ1) is 12.0. The number of hydrogen-bond acceptors (Lipinski definition) is 5. The topological polar surface area (TPSA) is 84.8 Å². The van der Waals surface area contributed by atoms with Crippen LogP contribution in [0.1, 0.15) is 43.1 Å². The second-order valence-corrected chi connectivity index (χ2v) is 5.31. The smallest absolute Gasteiger partial charge is 0.337 e. The highest BCUT2D eigenvalue weighted by atomic mass is 16.5. The van der Waals surface area contributed by atoms with Crippen LogP contribution in [0.15, 0.2) is 53.6 Å². The van der Waals surface area contributed by atoms with E-state index in [0.717, 1.165) is 5.56 Å². The van der Waals surface area contributed by atoms with Crippen LogP contribution in [0.25, 0.3) is 0 Å². The van der Waals surface area contributed by atoms with E-state index in [2.05, 4.69) is 15.3 Å². The number of hydrazone groups is 1. The van der Waals surface area contributed by atoms with E-state index in [-0.39, 0.29) is 12.2 Å². The Morgan fingerprint density at radius 1 is 0.960 bits per heavy atom. The third kappa shape index (κ3) is 5.10. The molecule has 128 valence electrons. The SMILES string of the molecule is COC(=O)c1ccc(C(=O)NN=CCC(=O)c2ccc(C)cc2)cc1. The molecule has 0 aliphatic carbocycles. The van der Waals surface area contributed by atoms with Crippen LogP contribution in [0, 0.1) is 6.92 Å². The number of aryl methyl sites for hydroxylation is 1. The summed E-state index contributed by atoms with van der Waals surface area (Å²) in [5.41, 5.74) is 4.71. The highest BCUT2D eigenvalue weighted by molar-refractivity contribution is 6.04. The molecule has 0 saturated heterocycles. The first kappa shape index (κ1) is 18.1. The van der Waals surface area contributed by atoms with Gasteiger partial charge in [0.15, 0.2) is 5.78 Å². The summed E-state index contributed by atoms with van der Waals surface area (Å²) in [4.78, 5) is 35.2. The van der Waals surface area contributed by atoms with Crippen LogP contribution in [0.4, 0.5) is 0 Å². The van der Waals surface area contributed by atoms with Gasteiger partial charge in [-0.05, 0) is 31.2 Å². The van der Waals surface area contributed by atoms with Gasteiger partial charge in [0.1, 0.15) is 0 Å². The highest BCUT2D eigenvalue weighted by Gasteiger charge is 2.08. The normalized spacial score (nSPS) is 10.5. The van der Waals surface area contributed by atoms with E-state index in [9.17, 15) is 14.4 Å². The fourth-order valence-corrected chi connectivity index (χ4v) is 2.03. The zero-order chi connectivity index (χ0) is 18.2. The molecule has 1 N–H and O–H groups in total. The number of nitrogens with zero attached hydrogens (tertiary/aromatic N) is 1. The molecular formula is C19H18N2O4. The Hall–Kier alpha value is -3.28. The molecule has 2 aromatic carbocycles. The van der Waals surface area contributed by atoms with Gasteiger partial charge in [0.05, 0.1) is 12.7 Å². The first-order valence-electron chi connectivity index (χ1n) is 7.61. The van der Waals surface area contributed by atoms with E-state index < -0.39 is 11.9 Å². The maximum Gasteiger partial charge on any atom is 0.337 e. The molecule has 2 aromatic rings. The zero-order valence-corrected chi connectivity index (χ0v) is 14.0. The average Bonchev–Trinajstić information content (AvgIpc) is 2.65. The molecule has 2 rings (SSSR count). The second-order valence-electron chi connectivity index (χ2n) is 5.31. The van der Waals surface area contributed by atoms with Gasteiger partial charge in [0, 0.05) is 23.8 Å². The maximum absolute atomic E-state index is 12.0. The molecule has 0 aliphatic rings. The van der Waals surface area contributed by atoms with Gasteiger partial charge in [-0.1, -0.05) is 29.8 Å². The van der Waals surface area contributed by atoms with Crippen molar-refractivity contribution >= 4 is 23.9 Å². The lowest BCUT2D eigenvalue weighted by Gasteiger charge is -2.02. The molecule has 0 heterocycles. The molecule has 0 saturated carbocycles. The van der Waals surface area contributed by atoms with Crippen molar-refractivity contribution in [1.82, 2.24) is 5.43 Å². The number of ketones is 1. The van der Waals surface area contributed by atoms with Crippen molar-refractivity contribution in [2.75, 3.05) is 7.11 Å². The van der Waals surface area contributed by atoms with Gasteiger partial charge in [-0.25, -0.2) is 10.2 Å². The van der Waals surface area contributed by atoms with Crippen molar-refractivity contribution in [2.24, 2.45) is 5.10 Å². The average molecular weight is 338 g/mol. The number of carbonyl (C=O) groups is 3.